The fourth-order valence-electron chi connectivity index (χ4n) is 0.952. The molecule has 3 nitrogen and oxygen atoms in total. The minimum absolute atomic E-state index is 0.298. The van der Waals surface area contributed by atoms with E-state index in [2.05, 4.69) is 0 Å². The number of benzene rings is 1. The highest BCUT2D eigenvalue weighted by Gasteiger charge is 2.27. The minimum Gasteiger partial charge on any atom is -0.280 e. The summed E-state index contributed by atoms with van der Waals surface area (Å²) < 4.78 is 105. The van der Waals surface area contributed by atoms with Gasteiger partial charge in [0.25, 0.3) is 5.16 Å². The Labute approximate surface area is 96.1 Å². The molecule has 0 aliphatic rings. The normalized spacial score (nSPS) is 13.5. The van der Waals surface area contributed by atoms with Gasteiger partial charge in [-0.05, 0) is 6.07 Å². The molecule has 0 radical (unpaired) electrons. The second-order valence-corrected chi connectivity index (χ2v) is 4.22. The Morgan fingerprint density at radius 1 is 1.00 bits per heavy atom. The molecule has 0 bridgehead atoms. The lowest BCUT2D eigenvalue weighted by molar-refractivity contribution is 0.406. The lowest BCUT2D eigenvalue weighted by atomic mass is 10.1. The number of hydrogen-bond acceptors (Lipinski definition) is 2. The van der Waals surface area contributed by atoms with Gasteiger partial charge in [0.1, 0.15) is 0 Å². The molecule has 0 aliphatic heterocycles. The Kier molecular flexibility index (Phi) is 3.72. The summed E-state index contributed by atoms with van der Waals surface area (Å²) in [5.41, 5.74) is -1.82. The standard InChI is InChI=1S/C8H2F6O3S/c9-3-1-2(4(10)7(13)6(3)12)5(11)8(14)18(15,16)17/h1H,(H,15,16,17). The quantitative estimate of drug-likeness (QED) is 0.394. The van der Waals surface area contributed by atoms with E-state index in [0.29, 0.717) is 0 Å². The van der Waals surface area contributed by atoms with Crippen molar-refractivity contribution >= 4 is 15.9 Å². The first-order valence-electron chi connectivity index (χ1n) is 3.93. The highest BCUT2D eigenvalue weighted by Crippen LogP contribution is 2.29. The molecule has 0 saturated carbocycles. The summed E-state index contributed by atoms with van der Waals surface area (Å²) in [6.45, 7) is 0. The predicted octanol–water partition coefficient (Wildman–Crippen LogP) is 2.70. The lowest BCUT2D eigenvalue weighted by Crippen LogP contribution is -2.04. The van der Waals surface area contributed by atoms with Crippen LogP contribution in [-0.4, -0.2) is 13.0 Å². The van der Waals surface area contributed by atoms with Crippen LogP contribution in [0.25, 0.3) is 5.83 Å². The van der Waals surface area contributed by atoms with Gasteiger partial charge in [0.15, 0.2) is 29.1 Å². The molecule has 1 rings (SSSR count). The molecule has 18 heavy (non-hydrogen) atoms. The average Bonchev–Trinajstić information content (AvgIpc) is 2.28. The van der Waals surface area contributed by atoms with Crippen LogP contribution >= 0.6 is 0 Å². The Morgan fingerprint density at radius 2 is 1.50 bits per heavy atom. The van der Waals surface area contributed by atoms with Crippen LogP contribution in [0.4, 0.5) is 26.3 Å². The summed E-state index contributed by atoms with van der Waals surface area (Å²) in [5.74, 6) is -11.7. The van der Waals surface area contributed by atoms with Gasteiger partial charge >= 0.3 is 10.1 Å². The number of halogens is 6. The second kappa shape index (κ2) is 4.61. The molecule has 1 aromatic rings. The van der Waals surface area contributed by atoms with Crippen LogP contribution in [0.3, 0.4) is 0 Å². The fraction of sp³-hybridized carbons (Fsp3) is 0. The van der Waals surface area contributed by atoms with E-state index in [0.717, 1.165) is 0 Å². The van der Waals surface area contributed by atoms with Crippen molar-refractivity contribution < 1.29 is 39.3 Å². The van der Waals surface area contributed by atoms with Crippen molar-refractivity contribution in [3.63, 3.8) is 0 Å². The highest BCUT2D eigenvalue weighted by atomic mass is 32.2. The molecule has 1 aromatic carbocycles. The zero-order valence-electron chi connectivity index (χ0n) is 8.02. The first-order chi connectivity index (χ1) is 8.07. The zero-order chi connectivity index (χ0) is 14.2. The number of hydrogen-bond donors (Lipinski definition) is 1. The van der Waals surface area contributed by atoms with Crippen molar-refractivity contribution in [3.05, 3.63) is 40.1 Å². The van der Waals surface area contributed by atoms with Gasteiger partial charge in [0.05, 0.1) is 5.56 Å². The molecular formula is C8H2F6O3S. The smallest absolute Gasteiger partial charge is 0.280 e. The lowest BCUT2D eigenvalue weighted by Gasteiger charge is -2.04. The van der Waals surface area contributed by atoms with Gasteiger partial charge in [-0.15, -0.1) is 0 Å². The van der Waals surface area contributed by atoms with Gasteiger partial charge in [-0.1, -0.05) is 0 Å². The molecular weight excluding hydrogens is 290 g/mol. The summed E-state index contributed by atoms with van der Waals surface area (Å²) in [6.07, 6.45) is 0. The van der Waals surface area contributed by atoms with E-state index in [9.17, 15) is 34.8 Å². The fourth-order valence-corrected chi connectivity index (χ4v) is 1.29. The summed E-state index contributed by atoms with van der Waals surface area (Å²) >= 11 is 0. The molecule has 1 N–H and O–H groups in total. The van der Waals surface area contributed by atoms with Crippen LogP contribution in [0.1, 0.15) is 5.56 Å². The molecule has 0 amide bonds. The number of rotatable bonds is 2. The van der Waals surface area contributed by atoms with Crippen LogP contribution in [0.5, 0.6) is 0 Å². The monoisotopic (exact) mass is 292 g/mol. The van der Waals surface area contributed by atoms with Crippen molar-refractivity contribution in [3.8, 4) is 0 Å². The Morgan fingerprint density at radius 3 is 1.94 bits per heavy atom. The van der Waals surface area contributed by atoms with E-state index in [1.54, 1.807) is 0 Å². The van der Waals surface area contributed by atoms with E-state index < -0.39 is 49.9 Å². The first kappa shape index (κ1) is 14.5. The van der Waals surface area contributed by atoms with Crippen molar-refractivity contribution in [2.75, 3.05) is 0 Å². The summed E-state index contributed by atoms with van der Waals surface area (Å²) in [7, 11) is -5.67. The van der Waals surface area contributed by atoms with Gasteiger partial charge in [0.2, 0.25) is 0 Å². The second-order valence-electron chi connectivity index (χ2n) is 2.91. The van der Waals surface area contributed by atoms with Crippen molar-refractivity contribution in [1.82, 2.24) is 0 Å². The third kappa shape index (κ3) is 2.48. The summed E-state index contributed by atoms with van der Waals surface area (Å²) in [6, 6.07) is -0.298. The molecule has 10 heteroatoms. The van der Waals surface area contributed by atoms with Gasteiger partial charge in [-0.25, -0.2) is 22.0 Å². The third-order valence-corrected chi connectivity index (χ3v) is 2.37. The van der Waals surface area contributed by atoms with E-state index >= 15 is 0 Å². The highest BCUT2D eigenvalue weighted by molar-refractivity contribution is 7.89. The van der Waals surface area contributed by atoms with E-state index in [1.165, 1.54) is 0 Å². The van der Waals surface area contributed by atoms with Crippen LogP contribution in [0, 0.1) is 23.3 Å². The first-order valence-corrected chi connectivity index (χ1v) is 5.37. The molecule has 0 atom stereocenters. The molecule has 100 valence electrons. The van der Waals surface area contributed by atoms with Crippen LogP contribution in [0.2, 0.25) is 0 Å². The maximum atomic E-state index is 13.0. The van der Waals surface area contributed by atoms with E-state index in [1.807, 2.05) is 0 Å². The van der Waals surface area contributed by atoms with Crippen LogP contribution in [-0.2, 0) is 10.1 Å². The zero-order valence-corrected chi connectivity index (χ0v) is 8.83. The molecule has 0 saturated heterocycles. The van der Waals surface area contributed by atoms with Crippen molar-refractivity contribution in [2.24, 2.45) is 0 Å². The Balaban J connectivity index is 3.64. The van der Waals surface area contributed by atoms with Crippen molar-refractivity contribution in [2.45, 2.75) is 0 Å². The molecule has 0 heterocycles. The maximum absolute atomic E-state index is 13.0. The van der Waals surface area contributed by atoms with E-state index in [4.69, 9.17) is 4.55 Å². The third-order valence-electron chi connectivity index (χ3n) is 1.74. The predicted molar refractivity (Wildman–Crippen MR) is 47.0 cm³/mol. The van der Waals surface area contributed by atoms with Gasteiger partial charge in [-0.2, -0.15) is 12.8 Å². The van der Waals surface area contributed by atoms with Crippen molar-refractivity contribution in [1.29, 1.82) is 0 Å². The summed E-state index contributed by atoms with van der Waals surface area (Å²) in [5, 5.41) is -2.85. The van der Waals surface area contributed by atoms with Crippen LogP contribution in [0.15, 0.2) is 11.2 Å². The van der Waals surface area contributed by atoms with E-state index in [-0.39, 0.29) is 6.07 Å². The molecule has 0 fully saturated rings. The topological polar surface area (TPSA) is 54.4 Å². The maximum Gasteiger partial charge on any atom is 0.324 e. The minimum atomic E-state index is -5.67. The Bertz CT molecular complexity index is 637. The molecule has 0 aliphatic carbocycles. The SMILES string of the molecule is O=S(=O)(O)C(F)=C(F)c1cc(F)c(F)c(F)c1F. The van der Waals surface area contributed by atoms with Gasteiger partial charge in [-0.3, -0.25) is 4.55 Å². The largest absolute Gasteiger partial charge is 0.324 e. The van der Waals surface area contributed by atoms with Crippen LogP contribution < -0.4 is 0 Å². The Hall–Kier alpha value is -1.55. The average molecular weight is 292 g/mol. The van der Waals surface area contributed by atoms with Gasteiger partial charge in [0, 0.05) is 0 Å². The summed E-state index contributed by atoms with van der Waals surface area (Å²) in [4.78, 5) is 0. The molecule has 0 unspecified atom stereocenters. The molecule has 0 spiro atoms. The molecule has 0 aromatic heterocycles. The van der Waals surface area contributed by atoms with Gasteiger partial charge < -0.3 is 0 Å².